The second-order valence-electron chi connectivity index (χ2n) is 5.18. The quantitative estimate of drug-likeness (QED) is 0.939. The molecule has 5 nitrogen and oxygen atoms in total. The lowest BCUT2D eigenvalue weighted by atomic mass is 10.1. The number of pyridine rings is 1. The number of aromatic carboxylic acids is 1. The summed E-state index contributed by atoms with van der Waals surface area (Å²) in [6.45, 7) is 4.36. The average Bonchev–Trinajstić information content (AvgIpc) is 2.53. The third kappa shape index (κ3) is 2.56. The zero-order chi connectivity index (χ0) is 14.8. The molecule has 0 radical (unpaired) electrons. The van der Waals surface area contributed by atoms with Gasteiger partial charge in [0.25, 0.3) is 0 Å². The van der Waals surface area contributed by atoms with E-state index in [1.807, 2.05) is 18.2 Å². The maximum atomic E-state index is 11.2. The molecule has 1 aromatic carbocycles. The maximum absolute atomic E-state index is 11.2. The Morgan fingerprint density at radius 1 is 1.43 bits per heavy atom. The third-order valence-electron chi connectivity index (χ3n) is 3.94. The summed E-state index contributed by atoms with van der Waals surface area (Å²) < 4.78 is 5.52. The molecule has 1 aliphatic heterocycles. The number of nitrogens with zero attached hydrogens (tertiary/aromatic N) is 2. The fraction of sp³-hybridized carbons (Fsp3) is 0.375. The van der Waals surface area contributed by atoms with E-state index in [9.17, 15) is 9.90 Å². The van der Waals surface area contributed by atoms with Gasteiger partial charge in [0.15, 0.2) is 0 Å². The summed E-state index contributed by atoms with van der Waals surface area (Å²) in [5, 5.41) is 9.90. The van der Waals surface area contributed by atoms with Crippen molar-refractivity contribution < 1.29 is 14.6 Å². The van der Waals surface area contributed by atoms with Gasteiger partial charge >= 0.3 is 5.97 Å². The number of aromatic nitrogens is 1. The highest BCUT2D eigenvalue weighted by Crippen LogP contribution is 2.24. The van der Waals surface area contributed by atoms with E-state index in [1.54, 1.807) is 12.1 Å². The predicted molar refractivity (Wildman–Crippen MR) is 80.9 cm³/mol. The Balaban J connectivity index is 2.03. The summed E-state index contributed by atoms with van der Waals surface area (Å²) in [6, 6.07) is 9.28. The van der Waals surface area contributed by atoms with E-state index >= 15 is 0 Å². The molecule has 1 saturated heterocycles. The number of rotatable bonds is 3. The van der Waals surface area contributed by atoms with Gasteiger partial charge in [-0.2, -0.15) is 0 Å². The Hall–Kier alpha value is -2.14. The van der Waals surface area contributed by atoms with Gasteiger partial charge in [-0.25, -0.2) is 9.78 Å². The van der Waals surface area contributed by atoms with Crippen LogP contribution >= 0.6 is 0 Å². The second kappa shape index (κ2) is 5.69. The molecule has 21 heavy (non-hydrogen) atoms. The van der Waals surface area contributed by atoms with Crippen LogP contribution in [0.3, 0.4) is 0 Å². The smallest absolute Gasteiger partial charge is 0.336 e. The normalized spacial score (nSPS) is 18.9. The van der Waals surface area contributed by atoms with E-state index < -0.39 is 5.97 Å². The summed E-state index contributed by atoms with van der Waals surface area (Å²) >= 11 is 0. The highest BCUT2D eigenvalue weighted by atomic mass is 16.5. The average molecular weight is 286 g/mol. The number of benzene rings is 1. The van der Waals surface area contributed by atoms with Gasteiger partial charge in [-0.1, -0.05) is 13.0 Å². The number of carbonyl (C=O) groups is 1. The minimum Gasteiger partial charge on any atom is -0.478 e. The molecule has 2 aromatic rings. The molecule has 1 atom stereocenters. The minimum atomic E-state index is -0.923. The molecular weight excluding hydrogens is 268 g/mol. The van der Waals surface area contributed by atoms with Crippen molar-refractivity contribution >= 4 is 22.7 Å². The Morgan fingerprint density at radius 2 is 2.29 bits per heavy atom. The second-order valence-corrected chi connectivity index (χ2v) is 5.18. The highest BCUT2D eigenvalue weighted by molar-refractivity contribution is 6.02. The van der Waals surface area contributed by atoms with E-state index in [1.165, 1.54) is 0 Å². The van der Waals surface area contributed by atoms with Crippen molar-refractivity contribution in [3.63, 3.8) is 0 Å². The predicted octanol–water partition coefficient (Wildman–Crippen LogP) is 2.55. The van der Waals surface area contributed by atoms with Gasteiger partial charge < -0.3 is 14.7 Å². The molecule has 0 spiro atoms. The lowest BCUT2D eigenvalue weighted by molar-refractivity contribution is 0.0699. The lowest BCUT2D eigenvalue weighted by Crippen LogP contribution is -2.45. The maximum Gasteiger partial charge on any atom is 0.336 e. The molecular formula is C16H18N2O3. The van der Waals surface area contributed by atoms with Gasteiger partial charge in [0.2, 0.25) is 0 Å². The largest absolute Gasteiger partial charge is 0.478 e. The zero-order valence-corrected chi connectivity index (χ0v) is 12.0. The summed E-state index contributed by atoms with van der Waals surface area (Å²) in [5.41, 5.74) is 1.01. The molecule has 2 heterocycles. The number of ether oxygens (including phenoxy) is 1. The van der Waals surface area contributed by atoms with Crippen LogP contribution in [0.25, 0.3) is 10.9 Å². The third-order valence-corrected chi connectivity index (χ3v) is 3.94. The van der Waals surface area contributed by atoms with Crippen LogP contribution in [0.1, 0.15) is 23.7 Å². The molecule has 5 heteroatoms. The van der Waals surface area contributed by atoms with Crippen LogP contribution in [-0.4, -0.2) is 41.9 Å². The van der Waals surface area contributed by atoms with Crippen molar-refractivity contribution in [1.29, 1.82) is 0 Å². The first-order valence-electron chi connectivity index (χ1n) is 7.18. The molecule has 0 saturated carbocycles. The standard InChI is InChI=1S/C16H18N2O3/c1-2-11-10-21-9-8-18(11)15-7-6-12-13(16(19)20)4-3-5-14(12)17-15/h3-7,11H,2,8-10H2,1H3,(H,19,20). The van der Waals surface area contributed by atoms with Crippen LogP contribution in [-0.2, 0) is 4.74 Å². The van der Waals surface area contributed by atoms with Gasteiger partial charge in [-0.3, -0.25) is 0 Å². The van der Waals surface area contributed by atoms with Gasteiger partial charge in [0.05, 0.1) is 30.3 Å². The van der Waals surface area contributed by atoms with Crippen molar-refractivity contribution in [3.8, 4) is 0 Å². The molecule has 0 amide bonds. The van der Waals surface area contributed by atoms with Gasteiger partial charge in [0.1, 0.15) is 5.82 Å². The van der Waals surface area contributed by atoms with Crippen molar-refractivity contribution in [2.24, 2.45) is 0 Å². The van der Waals surface area contributed by atoms with Crippen LogP contribution in [0, 0.1) is 0 Å². The van der Waals surface area contributed by atoms with E-state index in [0.29, 0.717) is 35.7 Å². The Kier molecular flexibility index (Phi) is 3.75. The Morgan fingerprint density at radius 3 is 3.05 bits per heavy atom. The van der Waals surface area contributed by atoms with Gasteiger partial charge in [0, 0.05) is 11.9 Å². The summed E-state index contributed by atoms with van der Waals surface area (Å²) in [6.07, 6.45) is 0.995. The molecule has 0 aliphatic carbocycles. The fourth-order valence-electron chi connectivity index (χ4n) is 2.79. The molecule has 1 fully saturated rings. The number of hydrogen-bond acceptors (Lipinski definition) is 4. The number of morpholine rings is 1. The first-order chi connectivity index (χ1) is 10.2. The summed E-state index contributed by atoms with van der Waals surface area (Å²) in [7, 11) is 0. The van der Waals surface area contributed by atoms with Gasteiger partial charge in [-0.05, 0) is 30.7 Å². The molecule has 1 aromatic heterocycles. The fourth-order valence-corrected chi connectivity index (χ4v) is 2.79. The van der Waals surface area contributed by atoms with Crippen molar-refractivity contribution in [2.45, 2.75) is 19.4 Å². The lowest BCUT2D eigenvalue weighted by Gasteiger charge is -2.36. The Labute approximate surface area is 123 Å². The molecule has 1 unspecified atom stereocenters. The summed E-state index contributed by atoms with van der Waals surface area (Å²) in [5.74, 6) is -0.0341. The van der Waals surface area contributed by atoms with E-state index in [-0.39, 0.29) is 0 Å². The topological polar surface area (TPSA) is 62.7 Å². The first-order valence-corrected chi connectivity index (χ1v) is 7.18. The van der Waals surface area contributed by atoms with E-state index in [4.69, 9.17) is 4.74 Å². The van der Waals surface area contributed by atoms with Crippen molar-refractivity contribution in [3.05, 3.63) is 35.9 Å². The molecule has 0 bridgehead atoms. The molecule has 1 aliphatic rings. The summed E-state index contributed by atoms with van der Waals surface area (Å²) in [4.78, 5) is 18.1. The SMILES string of the molecule is CCC1COCCN1c1ccc2c(C(=O)O)cccc2n1. The molecule has 1 N–H and O–H groups in total. The highest BCUT2D eigenvalue weighted by Gasteiger charge is 2.23. The zero-order valence-electron chi connectivity index (χ0n) is 12.0. The van der Waals surface area contributed by atoms with Crippen LogP contribution in [0.15, 0.2) is 30.3 Å². The van der Waals surface area contributed by atoms with Crippen molar-refractivity contribution in [1.82, 2.24) is 4.98 Å². The number of fused-ring (bicyclic) bond motifs is 1. The van der Waals surface area contributed by atoms with Crippen LogP contribution < -0.4 is 4.90 Å². The van der Waals surface area contributed by atoms with Crippen LogP contribution in [0.5, 0.6) is 0 Å². The van der Waals surface area contributed by atoms with E-state index in [0.717, 1.165) is 18.8 Å². The monoisotopic (exact) mass is 286 g/mol. The van der Waals surface area contributed by atoms with Crippen molar-refractivity contribution in [2.75, 3.05) is 24.7 Å². The first kappa shape index (κ1) is 13.8. The minimum absolute atomic E-state index is 0.292. The van der Waals surface area contributed by atoms with Crippen LogP contribution in [0.2, 0.25) is 0 Å². The Bertz CT molecular complexity index is 672. The number of carboxylic acid groups (broad SMARTS) is 1. The van der Waals surface area contributed by atoms with Gasteiger partial charge in [-0.15, -0.1) is 0 Å². The number of carboxylic acids is 1. The molecule has 3 rings (SSSR count). The molecule has 110 valence electrons. The number of hydrogen-bond donors (Lipinski definition) is 1. The van der Waals surface area contributed by atoms with E-state index in [2.05, 4.69) is 16.8 Å². The number of anilines is 1. The van der Waals surface area contributed by atoms with Crippen LogP contribution in [0.4, 0.5) is 5.82 Å².